The lowest BCUT2D eigenvalue weighted by Crippen LogP contribution is -2.08. The van der Waals surface area contributed by atoms with Crippen molar-refractivity contribution in [2.75, 3.05) is 0 Å². The van der Waals surface area contributed by atoms with Crippen LogP contribution in [-0.4, -0.2) is 17.9 Å². The summed E-state index contributed by atoms with van der Waals surface area (Å²) in [6.45, 7) is 10.5. The second-order valence-corrected chi connectivity index (χ2v) is 5.36. The summed E-state index contributed by atoms with van der Waals surface area (Å²) < 4.78 is 27.0. The maximum absolute atomic E-state index is 12.0. The molecule has 0 aliphatic heterocycles. The van der Waals surface area contributed by atoms with Crippen molar-refractivity contribution in [3.8, 4) is 0 Å². The molecule has 0 amide bonds. The van der Waals surface area contributed by atoms with Gasteiger partial charge in [-0.2, -0.15) is 0 Å². The third-order valence-electron chi connectivity index (χ3n) is 1.00. The normalized spacial score (nSPS) is 12.0. The van der Waals surface area contributed by atoms with Crippen molar-refractivity contribution in [1.82, 2.24) is 0 Å². The zero-order valence-corrected chi connectivity index (χ0v) is 11.1. The molecule has 90 valence electrons. The van der Waals surface area contributed by atoms with Gasteiger partial charge < -0.3 is 0 Å². The van der Waals surface area contributed by atoms with E-state index in [1.54, 1.807) is 41.5 Å². The Balaban J connectivity index is 4.55. The van der Waals surface area contributed by atoms with Crippen LogP contribution in [0.15, 0.2) is 5.16 Å². The predicted octanol–water partition coefficient (Wildman–Crippen LogP) is 3.36. The Bertz CT molecular complexity index is 245. The summed E-state index contributed by atoms with van der Waals surface area (Å²) in [7, 11) is -3.57. The fraction of sp³-hybridized carbons (Fsp3) is 0.889. The summed E-state index contributed by atoms with van der Waals surface area (Å²) >= 11 is 0. The Morgan fingerprint density at radius 2 is 1.47 bits per heavy atom. The minimum atomic E-state index is -3.57. The number of oxime groups is 1. The molecule has 0 saturated carbocycles. The van der Waals surface area contributed by atoms with Crippen LogP contribution in [0.2, 0.25) is 0 Å². The molecule has 0 aliphatic rings. The Morgan fingerprint density at radius 1 is 1.07 bits per heavy atom. The molecule has 0 radical (unpaired) electrons. The van der Waals surface area contributed by atoms with Gasteiger partial charge >= 0.3 is 7.82 Å². The highest BCUT2D eigenvalue weighted by Gasteiger charge is 2.31. The van der Waals surface area contributed by atoms with Gasteiger partial charge in [0.15, 0.2) is 0 Å². The molecular formula is C9H20NO4P. The lowest BCUT2D eigenvalue weighted by atomic mass is 10.5. The molecule has 15 heavy (non-hydrogen) atoms. The Hall–Kier alpha value is -0.380. The van der Waals surface area contributed by atoms with E-state index in [0.717, 1.165) is 0 Å². The van der Waals surface area contributed by atoms with Crippen LogP contribution in [0.5, 0.6) is 0 Å². The van der Waals surface area contributed by atoms with Crippen molar-refractivity contribution in [3.05, 3.63) is 0 Å². The average Bonchev–Trinajstić information content (AvgIpc) is 1.97. The molecule has 0 rings (SSSR count). The molecule has 0 spiro atoms. The van der Waals surface area contributed by atoms with E-state index in [2.05, 4.69) is 5.16 Å². The van der Waals surface area contributed by atoms with E-state index < -0.39 is 7.82 Å². The van der Waals surface area contributed by atoms with E-state index in [-0.39, 0.29) is 12.2 Å². The lowest BCUT2D eigenvalue weighted by molar-refractivity contribution is 0.0738. The van der Waals surface area contributed by atoms with Crippen molar-refractivity contribution in [2.45, 2.75) is 53.8 Å². The standard InChI is InChI=1S/C9H20NO4P/c1-7(2)10-14-15(11,12-8(3)4)13-9(5)6/h8-9H,1-6H3. The van der Waals surface area contributed by atoms with Gasteiger partial charge in [0.25, 0.3) is 0 Å². The lowest BCUT2D eigenvalue weighted by Gasteiger charge is -2.19. The van der Waals surface area contributed by atoms with E-state index in [9.17, 15) is 4.57 Å². The zero-order chi connectivity index (χ0) is 12.1. The third-order valence-corrected chi connectivity index (χ3v) is 2.64. The zero-order valence-electron chi connectivity index (χ0n) is 10.2. The fourth-order valence-electron chi connectivity index (χ4n) is 0.711. The van der Waals surface area contributed by atoms with Crippen molar-refractivity contribution in [1.29, 1.82) is 0 Å². The number of nitrogens with zero attached hydrogens (tertiary/aromatic N) is 1. The summed E-state index contributed by atoms with van der Waals surface area (Å²) in [5, 5.41) is 3.61. The Kier molecular flexibility index (Phi) is 6.10. The van der Waals surface area contributed by atoms with Crippen LogP contribution in [-0.2, 0) is 18.2 Å². The van der Waals surface area contributed by atoms with Crippen LogP contribution < -0.4 is 0 Å². The molecule has 6 heteroatoms. The smallest absolute Gasteiger partial charge is 0.292 e. The molecule has 0 bridgehead atoms. The first-order chi connectivity index (χ1) is 6.75. The number of phosphoric ester groups is 1. The van der Waals surface area contributed by atoms with Crippen LogP contribution in [0.1, 0.15) is 41.5 Å². The predicted molar refractivity (Wildman–Crippen MR) is 59.9 cm³/mol. The molecule has 5 nitrogen and oxygen atoms in total. The number of phosphoric acid groups is 1. The molecule has 0 unspecified atom stereocenters. The highest BCUT2D eigenvalue weighted by atomic mass is 31.2. The van der Waals surface area contributed by atoms with Gasteiger partial charge in [0.1, 0.15) is 0 Å². The molecular weight excluding hydrogens is 217 g/mol. The average molecular weight is 237 g/mol. The first-order valence-electron chi connectivity index (χ1n) is 4.92. The largest absolute Gasteiger partial charge is 0.550 e. The van der Waals surface area contributed by atoms with Gasteiger partial charge in [-0.3, -0.25) is 13.7 Å². The summed E-state index contributed by atoms with van der Waals surface area (Å²) in [4.78, 5) is 0. The van der Waals surface area contributed by atoms with E-state index in [1.165, 1.54) is 0 Å². The number of rotatable bonds is 6. The molecule has 0 aromatic rings. The maximum Gasteiger partial charge on any atom is 0.550 e. The fourth-order valence-corrected chi connectivity index (χ4v) is 2.13. The summed E-state index contributed by atoms with van der Waals surface area (Å²) in [6, 6.07) is 0. The van der Waals surface area contributed by atoms with Crippen molar-refractivity contribution in [3.63, 3.8) is 0 Å². The summed E-state index contributed by atoms with van der Waals surface area (Å²) in [5.41, 5.74) is 0.648. The van der Waals surface area contributed by atoms with Gasteiger partial charge in [0.2, 0.25) is 0 Å². The molecule has 0 saturated heterocycles. The summed E-state index contributed by atoms with van der Waals surface area (Å²) in [5.74, 6) is 0. The monoisotopic (exact) mass is 237 g/mol. The quantitative estimate of drug-likeness (QED) is 0.404. The minimum Gasteiger partial charge on any atom is -0.292 e. The highest BCUT2D eigenvalue weighted by molar-refractivity contribution is 7.48. The molecule has 0 aromatic heterocycles. The van der Waals surface area contributed by atoms with Crippen molar-refractivity contribution >= 4 is 13.5 Å². The van der Waals surface area contributed by atoms with Crippen LogP contribution in [0.3, 0.4) is 0 Å². The van der Waals surface area contributed by atoms with Crippen LogP contribution >= 0.6 is 7.82 Å². The topological polar surface area (TPSA) is 57.1 Å². The minimum absolute atomic E-state index is 0.248. The number of hydrogen-bond acceptors (Lipinski definition) is 5. The second kappa shape index (κ2) is 6.26. The van der Waals surface area contributed by atoms with Crippen LogP contribution in [0.4, 0.5) is 0 Å². The third kappa shape index (κ3) is 7.54. The van der Waals surface area contributed by atoms with E-state index in [4.69, 9.17) is 13.7 Å². The molecule has 0 aliphatic carbocycles. The molecule has 0 fully saturated rings. The molecule has 0 N–H and O–H groups in total. The van der Waals surface area contributed by atoms with Gasteiger partial charge in [-0.25, -0.2) is 4.57 Å². The van der Waals surface area contributed by atoms with Gasteiger partial charge in [-0.15, -0.1) is 0 Å². The second-order valence-electron chi connectivity index (χ2n) is 3.88. The Morgan fingerprint density at radius 3 is 1.73 bits per heavy atom. The highest BCUT2D eigenvalue weighted by Crippen LogP contribution is 2.51. The molecule has 0 aromatic carbocycles. The summed E-state index contributed by atoms with van der Waals surface area (Å²) in [6.07, 6.45) is -0.496. The van der Waals surface area contributed by atoms with E-state index >= 15 is 0 Å². The first kappa shape index (κ1) is 14.6. The van der Waals surface area contributed by atoms with Gasteiger partial charge in [-0.05, 0) is 41.5 Å². The first-order valence-corrected chi connectivity index (χ1v) is 6.38. The Labute approximate surface area is 91.4 Å². The molecule has 0 heterocycles. The van der Waals surface area contributed by atoms with Gasteiger partial charge in [0, 0.05) is 0 Å². The molecule has 0 atom stereocenters. The van der Waals surface area contributed by atoms with Crippen LogP contribution in [0.25, 0.3) is 0 Å². The van der Waals surface area contributed by atoms with E-state index in [0.29, 0.717) is 5.71 Å². The van der Waals surface area contributed by atoms with Gasteiger partial charge in [0.05, 0.1) is 17.9 Å². The van der Waals surface area contributed by atoms with Crippen molar-refractivity contribution < 1.29 is 18.2 Å². The van der Waals surface area contributed by atoms with E-state index in [1.807, 2.05) is 0 Å². The number of hydrogen-bond donors (Lipinski definition) is 0. The SMILES string of the molecule is CC(C)=NOP(=O)(OC(C)C)OC(C)C. The maximum atomic E-state index is 12.0. The van der Waals surface area contributed by atoms with Crippen molar-refractivity contribution in [2.24, 2.45) is 5.16 Å². The van der Waals surface area contributed by atoms with Gasteiger partial charge in [-0.1, -0.05) is 5.16 Å². The van der Waals surface area contributed by atoms with Crippen LogP contribution in [0, 0.1) is 0 Å².